The summed E-state index contributed by atoms with van der Waals surface area (Å²) in [6, 6.07) is 3.08. The summed E-state index contributed by atoms with van der Waals surface area (Å²) in [6.45, 7) is 3.69. The molecule has 0 aliphatic carbocycles. The lowest BCUT2D eigenvalue weighted by molar-refractivity contribution is -0.145. The van der Waals surface area contributed by atoms with E-state index in [0.717, 1.165) is 11.1 Å². The van der Waals surface area contributed by atoms with Gasteiger partial charge in [-0.15, -0.1) is 0 Å². The molecule has 1 aromatic rings. The second kappa shape index (κ2) is 6.55. The Balaban J connectivity index is 2.73. The second-order valence-corrected chi connectivity index (χ2v) is 4.33. The van der Waals surface area contributed by atoms with E-state index in [9.17, 15) is 14.4 Å². The van der Waals surface area contributed by atoms with Gasteiger partial charge < -0.3 is 20.8 Å². The smallest absolute Gasteiger partial charge is 0.326 e. The molecule has 0 bridgehead atoms. The zero-order valence-corrected chi connectivity index (χ0v) is 11.1. The Morgan fingerprint density at radius 2 is 1.85 bits per heavy atom. The van der Waals surface area contributed by atoms with Crippen LogP contribution >= 0.6 is 0 Å². The van der Waals surface area contributed by atoms with E-state index in [-0.39, 0.29) is 0 Å². The summed E-state index contributed by atoms with van der Waals surface area (Å²) in [5.74, 6) is -2.70. The number of carboxylic acids is 2. The van der Waals surface area contributed by atoms with E-state index < -0.39 is 30.4 Å². The number of anilines is 1. The minimum atomic E-state index is -1.47. The number of carbonyl (C=O) groups excluding carboxylic acids is 1. The maximum Gasteiger partial charge on any atom is 0.326 e. The zero-order chi connectivity index (χ0) is 15.3. The normalized spacial score (nSPS) is 11.5. The van der Waals surface area contributed by atoms with Crippen molar-refractivity contribution < 1.29 is 24.6 Å². The highest BCUT2D eigenvalue weighted by atomic mass is 16.4. The first-order chi connectivity index (χ1) is 9.31. The van der Waals surface area contributed by atoms with Gasteiger partial charge in [-0.25, -0.2) is 9.59 Å². The lowest BCUT2D eigenvalue weighted by Crippen LogP contribution is -2.44. The molecule has 0 aromatic heterocycles. The van der Waals surface area contributed by atoms with Crippen LogP contribution in [0.4, 0.5) is 10.5 Å². The molecule has 4 N–H and O–H groups in total. The van der Waals surface area contributed by atoms with Crippen molar-refractivity contribution in [1.82, 2.24) is 5.32 Å². The van der Waals surface area contributed by atoms with Gasteiger partial charge in [0.15, 0.2) is 0 Å². The molecule has 0 fully saturated rings. The SMILES string of the molecule is Cc1cccc(NC(=O)NC(CC(=O)O)C(=O)O)c1C. The highest BCUT2D eigenvalue weighted by Gasteiger charge is 2.23. The highest BCUT2D eigenvalue weighted by Crippen LogP contribution is 2.17. The van der Waals surface area contributed by atoms with Gasteiger partial charge in [-0.3, -0.25) is 4.79 Å². The number of carbonyl (C=O) groups is 3. The molecule has 0 aliphatic heterocycles. The zero-order valence-electron chi connectivity index (χ0n) is 11.1. The fourth-order valence-corrected chi connectivity index (χ4v) is 1.58. The average molecular weight is 280 g/mol. The number of hydrogen-bond acceptors (Lipinski definition) is 3. The number of rotatable bonds is 5. The van der Waals surface area contributed by atoms with Crippen molar-refractivity contribution in [1.29, 1.82) is 0 Å². The van der Waals surface area contributed by atoms with Crippen molar-refractivity contribution >= 4 is 23.7 Å². The summed E-state index contributed by atoms with van der Waals surface area (Å²) in [5, 5.41) is 22.0. The number of hydrogen-bond donors (Lipinski definition) is 4. The lowest BCUT2D eigenvalue weighted by atomic mass is 10.1. The van der Waals surface area contributed by atoms with E-state index in [2.05, 4.69) is 10.6 Å². The fraction of sp³-hybridized carbons (Fsp3) is 0.308. The summed E-state index contributed by atoms with van der Waals surface area (Å²) in [7, 11) is 0. The molecule has 1 rings (SSSR count). The summed E-state index contributed by atoms with van der Waals surface area (Å²) < 4.78 is 0. The predicted octanol–water partition coefficient (Wildman–Crippen LogP) is 1.35. The van der Waals surface area contributed by atoms with Gasteiger partial charge in [0.05, 0.1) is 6.42 Å². The van der Waals surface area contributed by atoms with Crippen LogP contribution < -0.4 is 10.6 Å². The van der Waals surface area contributed by atoms with Gasteiger partial charge in [0, 0.05) is 5.69 Å². The largest absolute Gasteiger partial charge is 0.481 e. The van der Waals surface area contributed by atoms with E-state index in [1.54, 1.807) is 12.1 Å². The van der Waals surface area contributed by atoms with Crippen molar-refractivity contribution in [2.45, 2.75) is 26.3 Å². The predicted molar refractivity (Wildman–Crippen MR) is 71.7 cm³/mol. The van der Waals surface area contributed by atoms with Crippen molar-refractivity contribution in [3.8, 4) is 0 Å². The van der Waals surface area contributed by atoms with Crippen LogP contribution in [0, 0.1) is 13.8 Å². The monoisotopic (exact) mass is 280 g/mol. The molecule has 1 aromatic carbocycles. The number of urea groups is 1. The molecule has 0 radical (unpaired) electrons. The molecular formula is C13H16N2O5. The first-order valence-corrected chi connectivity index (χ1v) is 5.89. The molecule has 1 atom stereocenters. The highest BCUT2D eigenvalue weighted by molar-refractivity contribution is 5.94. The van der Waals surface area contributed by atoms with Crippen LogP contribution in [0.2, 0.25) is 0 Å². The number of amides is 2. The quantitative estimate of drug-likeness (QED) is 0.649. The molecule has 108 valence electrons. The minimum Gasteiger partial charge on any atom is -0.481 e. The topological polar surface area (TPSA) is 116 Å². The van der Waals surface area contributed by atoms with Gasteiger partial charge >= 0.3 is 18.0 Å². The van der Waals surface area contributed by atoms with E-state index in [1.807, 2.05) is 19.9 Å². The van der Waals surface area contributed by atoms with Gasteiger partial charge in [-0.2, -0.15) is 0 Å². The molecule has 1 unspecified atom stereocenters. The standard InChI is InChI=1S/C13H16N2O5/c1-7-4-3-5-9(8(7)2)14-13(20)15-10(12(18)19)6-11(16)17/h3-5,10H,6H2,1-2H3,(H,16,17)(H,18,19)(H2,14,15,20). The van der Waals surface area contributed by atoms with Gasteiger partial charge in [0.2, 0.25) is 0 Å². The molecular weight excluding hydrogens is 264 g/mol. The van der Waals surface area contributed by atoms with Crippen LogP contribution in [0.1, 0.15) is 17.5 Å². The van der Waals surface area contributed by atoms with Crippen LogP contribution in [0.5, 0.6) is 0 Å². The van der Waals surface area contributed by atoms with Crippen molar-refractivity contribution in [2.75, 3.05) is 5.32 Å². The molecule has 0 spiro atoms. The Labute approximate surface area is 115 Å². The van der Waals surface area contributed by atoms with Crippen molar-refractivity contribution in [3.63, 3.8) is 0 Å². The van der Waals surface area contributed by atoms with E-state index in [4.69, 9.17) is 10.2 Å². The number of nitrogens with one attached hydrogen (secondary N) is 2. The molecule has 2 amide bonds. The minimum absolute atomic E-state index is 0.543. The number of aliphatic carboxylic acids is 2. The van der Waals surface area contributed by atoms with Gasteiger partial charge in [0.1, 0.15) is 6.04 Å². The maximum absolute atomic E-state index is 11.7. The second-order valence-electron chi connectivity index (χ2n) is 4.33. The molecule has 7 nitrogen and oxygen atoms in total. The number of carboxylic acid groups (broad SMARTS) is 2. The van der Waals surface area contributed by atoms with Gasteiger partial charge in [0.25, 0.3) is 0 Å². The first-order valence-electron chi connectivity index (χ1n) is 5.89. The Kier molecular flexibility index (Phi) is 5.08. The van der Waals surface area contributed by atoms with Crippen LogP contribution in [-0.2, 0) is 9.59 Å². The molecule has 0 aliphatic rings. The van der Waals surface area contributed by atoms with E-state index in [1.165, 1.54) is 0 Å². The van der Waals surface area contributed by atoms with Crippen LogP contribution in [-0.4, -0.2) is 34.2 Å². The molecule has 20 heavy (non-hydrogen) atoms. The van der Waals surface area contributed by atoms with E-state index >= 15 is 0 Å². The molecule has 0 saturated heterocycles. The third-order valence-corrected chi connectivity index (χ3v) is 2.83. The Bertz CT molecular complexity index is 542. The molecule has 0 heterocycles. The molecule has 7 heteroatoms. The van der Waals surface area contributed by atoms with E-state index in [0.29, 0.717) is 5.69 Å². The Morgan fingerprint density at radius 3 is 2.40 bits per heavy atom. The van der Waals surface area contributed by atoms with Crippen molar-refractivity contribution in [3.05, 3.63) is 29.3 Å². The third kappa shape index (κ3) is 4.27. The summed E-state index contributed by atoms with van der Waals surface area (Å²) >= 11 is 0. The fourth-order valence-electron chi connectivity index (χ4n) is 1.58. The van der Waals surface area contributed by atoms with Crippen LogP contribution in [0.25, 0.3) is 0 Å². The Morgan fingerprint density at radius 1 is 1.20 bits per heavy atom. The summed E-state index contributed by atoms with van der Waals surface area (Å²) in [4.78, 5) is 33.0. The summed E-state index contributed by atoms with van der Waals surface area (Å²) in [5.41, 5.74) is 2.37. The molecule has 0 saturated carbocycles. The summed E-state index contributed by atoms with van der Waals surface area (Å²) in [6.07, 6.45) is -0.685. The van der Waals surface area contributed by atoms with Gasteiger partial charge in [-0.05, 0) is 31.0 Å². The third-order valence-electron chi connectivity index (χ3n) is 2.83. The Hall–Kier alpha value is -2.57. The van der Waals surface area contributed by atoms with Crippen LogP contribution in [0.3, 0.4) is 0 Å². The maximum atomic E-state index is 11.7. The van der Waals surface area contributed by atoms with Crippen LogP contribution in [0.15, 0.2) is 18.2 Å². The van der Waals surface area contributed by atoms with Gasteiger partial charge in [-0.1, -0.05) is 12.1 Å². The van der Waals surface area contributed by atoms with Crippen molar-refractivity contribution in [2.24, 2.45) is 0 Å². The number of aryl methyl sites for hydroxylation is 1. The first kappa shape index (κ1) is 15.5. The lowest BCUT2D eigenvalue weighted by Gasteiger charge is -2.15. The number of benzene rings is 1. The average Bonchev–Trinajstić information content (AvgIpc) is 2.33.